The van der Waals surface area contributed by atoms with Gasteiger partial charge in [0, 0.05) is 47.1 Å². The minimum Gasteiger partial charge on any atom is -0.497 e. The molecule has 0 saturated carbocycles. The lowest BCUT2D eigenvalue weighted by Crippen LogP contribution is -2.42. The molecular formula is C26H31FN2O3S2. The van der Waals surface area contributed by atoms with E-state index in [-0.39, 0.29) is 18.3 Å². The summed E-state index contributed by atoms with van der Waals surface area (Å²) in [5.41, 5.74) is 1.37. The van der Waals surface area contributed by atoms with Gasteiger partial charge in [-0.25, -0.2) is 4.39 Å². The first kappa shape index (κ1) is 24.9. The Morgan fingerprint density at radius 3 is 3.00 bits per heavy atom. The Kier molecular flexibility index (Phi) is 8.80. The van der Waals surface area contributed by atoms with Crippen molar-refractivity contribution >= 4 is 40.0 Å². The number of rotatable bonds is 11. The van der Waals surface area contributed by atoms with Crippen molar-refractivity contribution in [2.75, 3.05) is 32.5 Å². The van der Waals surface area contributed by atoms with E-state index in [4.69, 9.17) is 4.74 Å². The molecule has 0 radical (unpaired) electrons. The van der Waals surface area contributed by atoms with Crippen LogP contribution in [0.15, 0.2) is 52.2 Å². The Balaban J connectivity index is 1.35. The van der Waals surface area contributed by atoms with Gasteiger partial charge in [0.05, 0.1) is 12.6 Å². The summed E-state index contributed by atoms with van der Waals surface area (Å²) in [7, 11) is 1.60. The number of aliphatic carboxylic acids is 1. The van der Waals surface area contributed by atoms with Crippen LogP contribution in [0, 0.1) is 11.8 Å². The topological polar surface area (TPSA) is 62.7 Å². The lowest BCUT2D eigenvalue weighted by molar-refractivity contribution is -0.139. The van der Waals surface area contributed by atoms with Crippen LogP contribution < -0.4 is 4.74 Å². The molecule has 8 heteroatoms. The summed E-state index contributed by atoms with van der Waals surface area (Å²) in [5.74, 6) is 1.18. The quantitative estimate of drug-likeness (QED) is 0.311. The van der Waals surface area contributed by atoms with E-state index in [2.05, 4.69) is 26.7 Å². The standard InChI is InChI=1S/C26H31FN2O3S2/c1-32-20-3-5-25-23(15-20)22(6-9-28-25)24(27)4-2-18-7-10-29(16-19(18)14-26(30)31)11-13-34-21-8-12-33-17-21/h3,5-6,8-9,12,15,17-19,24H,2,4,7,10-11,13-14,16H2,1H3,(H,30,31)/t18-,19+,24-/m1/s1. The summed E-state index contributed by atoms with van der Waals surface area (Å²) in [4.78, 5) is 19.6. The minimum atomic E-state index is -1.12. The van der Waals surface area contributed by atoms with Crippen molar-refractivity contribution in [1.82, 2.24) is 9.88 Å². The third-order valence-corrected chi connectivity index (χ3v) is 8.50. The van der Waals surface area contributed by atoms with Gasteiger partial charge in [-0.1, -0.05) is 0 Å². The smallest absolute Gasteiger partial charge is 0.303 e. The van der Waals surface area contributed by atoms with Crippen molar-refractivity contribution in [3.05, 3.63) is 52.9 Å². The molecule has 182 valence electrons. The molecule has 0 amide bonds. The molecular weight excluding hydrogens is 471 g/mol. The summed E-state index contributed by atoms with van der Waals surface area (Å²) in [6.45, 7) is 2.66. The van der Waals surface area contributed by atoms with Crippen LogP contribution in [0.1, 0.15) is 37.4 Å². The predicted octanol–water partition coefficient (Wildman–Crippen LogP) is 6.30. The zero-order valence-electron chi connectivity index (χ0n) is 19.4. The van der Waals surface area contributed by atoms with E-state index in [9.17, 15) is 9.90 Å². The summed E-state index contributed by atoms with van der Waals surface area (Å²) in [6.07, 6.45) is 2.65. The fourth-order valence-corrected chi connectivity index (χ4v) is 6.67. The number of carbonyl (C=O) groups is 1. The first-order valence-corrected chi connectivity index (χ1v) is 13.6. The molecule has 3 aromatic rings. The summed E-state index contributed by atoms with van der Waals surface area (Å²) in [5, 5.41) is 14.5. The SMILES string of the molecule is COc1ccc2nccc([C@H](F)CC[C@@H]3CCN(CCSc4ccsc4)C[C@@H]3CC(=O)O)c2c1. The number of likely N-dealkylation sites (tertiary alicyclic amines) is 1. The predicted molar refractivity (Wildman–Crippen MR) is 137 cm³/mol. The number of carboxylic acid groups (broad SMARTS) is 1. The fourth-order valence-electron chi connectivity index (χ4n) is 4.88. The number of alkyl halides is 1. The molecule has 3 atom stereocenters. The van der Waals surface area contributed by atoms with Gasteiger partial charge in [-0.15, -0.1) is 11.8 Å². The van der Waals surface area contributed by atoms with Crippen molar-refractivity contribution in [2.45, 2.75) is 36.8 Å². The van der Waals surface area contributed by atoms with E-state index in [0.717, 1.165) is 42.7 Å². The van der Waals surface area contributed by atoms with E-state index >= 15 is 4.39 Å². The molecule has 0 unspecified atom stereocenters. The summed E-state index contributed by atoms with van der Waals surface area (Å²) in [6, 6.07) is 9.39. The molecule has 3 heterocycles. The number of thiophene rings is 1. The molecule has 2 aromatic heterocycles. The normalized spacial score (nSPS) is 19.8. The first-order chi connectivity index (χ1) is 16.5. The Bertz CT molecular complexity index is 1080. The maximum absolute atomic E-state index is 15.4. The van der Waals surface area contributed by atoms with Gasteiger partial charge in [-0.2, -0.15) is 11.3 Å². The Morgan fingerprint density at radius 2 is 2.24 bits per heavy atom. The largest absolute Gasteiger partial charge is 0.497 e. The highest BCUT2D eigenvalue weighted by atomic mass is 32.2. The van der Waals surface area contributed by atoms with Crippen molar-refractivity contribution < 1.29 is 19.0 Å². The number of piperidine rings is 1. The highest BCUT2D eigenvalue weighted by molar-refractivity contribution is 7.99. The maximum Gasteiger partial charge on any atom is 0.303 e. The van der Waals surface area contributed by atoms with E-state index < -0.39 is 12.1 Å². The van der Waals surface area contributed by atoms with Crippen LogP contribution in [-0.4, -0.2) is 53.5 Å². The summed E-state index contributed by atoms with van der Waals surface area (Å²) < 4.78 is 20.7. The lowest BCUT2D eigenvalue weighted by Gasteiger charge is -2.38. The number of aromatic nitrogens is 1. The third kappa shape index (κ3) is 6.49. The number of methoxy groups -OCH3 is 1. The van der Waals surface area contributed by atoms with Gasteiger partial charge in [-0.05, 0) is 78.9 Å². The van der Waals surface area contributed by atoms with E-state index in [1.54, 1.807) is 30.7 Å². The number of fused-ring (bicyclic) bond motifs is 1. The monoisotopic (exact) mass is 502 g/mol. The number of carboxylic acids is 1. The molecule has 1 N–H and O–H groups in total. The van der Waals surface area contributed by atoms with Crippen molar-refractivity contribution in [3.63, 3.8) is 0 Å². The zero-order chi connectivity index (χ0) is 23.9. The van der Waals surface area contributed by atoms with Crippen LogP contribution in [-0.2, 0) is 4.79 Å². The second-order valence-corrected chi connectivity index (χ2v) is 10.8. The van der Waals surface area contributed by atoms with Crippen LogP contribution >= 0.6 is 23.1 Å². The van der Waals surface area contributed by atoms with Gasteiger partial charge in [0.2, 0.25) is 0 Å². The minimum absolute atomic E-state index is 0.0545. The molecule has 0 spiro atoms. The van der Waals surface area contributed by atoms with Crippen LogP contribution in [0.5, 0.6) is 5.75 Å². The van der Waals surface area contributed by atoms with E-state index in [1.165, 1.54) is 4.90 Å². The van der Waals surface area contributed by atoms with Crippen LogP contribution in [0.2, 0.25) is 0 Å². The highest BCUT2D eigenvalue weighted by Gasteiger charge is 2.31. The number of nitrogens with zero attached hydrogens (tertiary/aromatic N) is 2. The lowest BCUT2D eigenvalue weighted by atomic mass is 9.79. The first-order valence-electron chi connectivity index (χ1n) is 11.7. The molecule has 1 saturated heterocycles. The number of thioether (sulfide) groups is 1. The Labute approximate surface area is 208 Å². The number of hydrogen-bond donors (Lipinski definition) is 1. The average Bonchev–Trinajstić information content (AvgIpc) is 3.36. The van der Waals surface area contributed by atoms with Crippen molar-refractivity contribution in [1.29, 1.82) is 0 Å². The van der Waals surface area contributed by atoms with Gasteiger partial charge in [0.1, 0.15) is 11.9 Å². The zero-order valence-corrected chi connectivity index (χ0v) is 21.0. The van der Waals surface area contributed by atoms with Gasteiger partial charge >= 0.3 is 5.97 Å². The van der Waals surface area contributed by atoms with Crippen molar-refractivity contribution in [3.8, 4) is 5.75 Å². The third-order valence-electron chi connectivity index (χ3n) is 6.69. The van der Waals surface area contributed by atoms with Gasteiger partial charge in [0.25, 0.3) is 0 Å². The van der Waals surface area contributed by atoms with Gasteiger partial charge < -0.3 is 14.7 Å². The fraction of sp³-hybridized carbons (Fsp3) is 0.462. The number of pyridine rings is 1. The van der Waals surface area contributed by atoms with E-state index in [1.807, 2.05) is 30.0 Å². The molecule has 5 nitrogen and oxygen atoms in total. The highest BCUT2D eigenvalue weighted by Crippen LogP contribution is 2.36. The second kappa shape index (κ2) is 12.0. The van der Waals surface area contributed by atoms with Crippen LogP contribution in [0.4, 0.5) is 4.39 Å². The molecule has 1 fully saturated rings. The Morgan fingerprint density at radius 1 is 1.35 bits per heavy atom. The second-order valence-electron chi connectivity index (χ2n) is 8.84. The van der Waals surface area contributed by atoms with Crippen molar-refractivity contribution in [2.24, 2.45) is 11.8 Å². The number of halogens is 1. The molecule has 0 bridgehead atoms. The molecule has 4 rings (SSSR count). The van der Waals surface area contributed by atoms with Crippen LogP contribution in [0.3, 0.4) is 0 Å². The average molecular weight is 503 g/mol. The number of benzene rings is 1. The van der Waals surface area contributed by atoms with Gasteiger partial charge in [0.15, 0.2) is 0 Å². The molecule has 1 aromatic carbocycles. The number of hydrogen-bond acceptors (Lipinski definition) is 6. The molecule has 34 heavy (non-hydrogen) atoms. The molecule has 1 aliphatic heterocycles. The molecule has 0 aliphatic carbocycles. The molecule has 1 aliphatic rings. The van der Waals surface area contributed by atoms with Gasteiger partial charge in [-0.3, -0.25) is 9.78 Å². The Hall–Kier alpha value is -2.16. The maximum atomic E-state index is 15.4. The number of ether oxygens (including phenoxy) is 1. The van der Waals surface area contributed by atoms with Crippen LogP contribution in [0.25, 0.3) is 10.9 Å². The summed E-state index contributed by atoms with van der Waals surface area (Å²) >= 11 is 3.54. The van der Waals surface area contributed by atoms with E-state index in [0.29, 0.717) is 24.2 Å².